The number of benzene rings is 3. The van der Waals surface area contributed by atoms with Crippen LogP contribution in [0.3, 0.4) is 0 Å². The molecule has 0 aromatic heterocycles. The molecule has 0 spiro atoms. The molecule has 0 bridgehead atoms. The minimum Gasteiger partial charge on any atom is -0.503 e. The van der Waals surface area contributed by atoms with Crippen LogP contribution in [-0.4, -0.2) is 29.3 Å². The molecular weight excluding hydrogens is 413 g/mol. The van der Waals surface area contributed by atoms with Crippen LogP contribution in [0.15, 0.2) is 83.5 Å². The van der Waals surface area contributed by atoms with E-state index in [2.05, 4.69) is 0 Å². The molecule has 1 heterocycles. The van der Waals surface area contributed by atoms with Gasteiger partial charge in [-0.1, -0.05) is 36.4 Å². The van der Waals surface area contributed by atoms with Gasteiger partial charge in [0.25, 0.3) is 5.91 Å². The van der Waals surface area contributed by atoms with Gasteiger partial charge in [0.15, 0.2) is 5.76 Å². The van der Waals surface area contributed by atoms with Crippen LogP contribution in [0, 0.1) is 5.82 Å². The minimum atomic E-state index is -0.540. The summed E-state index contributed by atoms with van der Waals surface area (Å²) >= 11 is 1.65. The third-order valence-corrected chi connectivity index (χ3v) is 6.15. The number of carbonyl (C=O) groups excluding carboxylic acids is 1. The lowest BCUT2D eigenvalue weighted by Gasteiger charge is -2.27. The molecule has 1 aliphatic rings. The fraction of sp³-hybridized carbons (Fsp3) is 0.160. The van der Waals surface area contributed by atoms with Crippen molar-refractivity contribution >= 4 is 23.2 Å². The van der Waals surface area contributed by atoms with E-state index in [-0.39, 0.29) is 11.6 Å². The van der Waals surface area contributed by atoms with Crippen molar-refractivity contribution in [2.45, 2.75) is 17.5 Å². The second-order valence-electron chi connectivity index (χ2n) is 7.23. The van der Waals surface area contributed by atoms with E-state index in [1.54, 1.807) is 48.0 Å². The van der Waals surface area contributed by atoms with Gasteiger partial charge in [-0.25, -0.2) is 4.39 Å². The maximum Gasteiger partial charge on any atom is 0.290 e. The zero-order chi connectivity index (χ0) is 22.0. The fourth-order valence-corrected chi connectivity index (χ4v) is 4.21. The predicted octanol–water partition coefficient (Wildman–Crippen LogP) is 5.61. The molecule has 1 N–H and O–H groups in total. The number of nitrogens with zero attached hydrogens (tertiary/aromatic N) is 1. The summed E-state index contributed by atoms with van der Waals surface area (Å²) in [6, 6.07) is 20.6. The number of ether oxygens (including phenoxy) is 1. The first-order valence-corrected chi connectivity index (χ1v) is 11.0. The largest absolute Gasteiger partial charge is 0.503 e. The molecular formula is C25H22FNO3S. The highest BCUT2D eigenvalue weighted by Crippen LogP contribution is 2.44. The zero-order valence-electron chi connectivity index (χ0n) is 17.2. The van der Waals surface area contributed by atoms with Crippen LogP contribution < -0.4 is 4.74 Å². The standard InChI is InChI=1S/C25H22FNO3S/c1-30-20-11-7-17(8-12-20)22-23(18-5-9-19(26)10-6-18)27(25(29)24(22)28)15-16-3-13-21(31-2)14-4-16/h3-14,23,28H,15H2,1-2H3/t23-/m1/s1. The second kappa shape index (κ2) is 8.86. The molecule has 6 heteroatoms. The Bertz CT molecular complexity index is 1110. The van der Waals surface area contributed by atoms with Gasteiger partial charge in [-0.2, -0.15) is 0 Å². The number of halogens is 1. The summed E-state index contributed by atoms with van der Waals surface area (Å²) < 4.78 is 18.8. The first-order valence-electron chi connectivity index (χ1n) is 9.78. The van der Waals surface area contributed by atoms with Crippen LogP contribution in [0.2, 0.25) is 0 Å². The van der Waals surface area contributed by atoms with E-state index in [1.807, 2.05) is 42.7 Å². The molecule has 1 atom stereocenters. The number of amides is 1. The molecule has 0 saturated heterocycles. The lowest BCUT2D eigenvalue weighted by Crippen LogP contribution is -2.29. The van der Waals surface area contributed by atoms with Gasteiger partial charge < -0.3 is 14.7 Å². The Labute approximate surface area is 185 Å². The summed E-state index contributed by atoms with van der Waals surface area (Å²) in [7, 11) is 1.58. The number of rotatable bonds is 6. The molecule has 4 nitrogen and oxygen atoms in total. The molecule has 4 rings (SSSR count). The van der Waals surface area contributed by atoms with Gasteiger partial charge in [0, 0.05) is 17.0 Å². The van der Waals surface area contributed by atoms with E-state index in [9.17, 15) is 14.3 Å². The van der Waals surface area contributed by atoms with Crippen LogP contribution in [0.25, 0.3) is 5.57 Å². The SMILES string of the molecule is COc1ccc(C2=C(O)C(=O)N(Cc3ccc(SC)cc3)[C@@H]2c2ccc(F)cc2)cc1. The van der Waals surface area contributed by atoms with Crippen LogP contribution in [0.5, 0.6) is 5.75 Å². The maximum absolute atomic E-state index is 13.6. The summed E-state index contributed by atoms with van der Waals surface area (Å²) in [5.74, 6) is -0.418. The van der Waals surface area contributed by atoms with Gasteiger partial charge in [-0.05, 0) is 59.3 Å². The number of aliphatic hydroxyl groups excluding tert-OH is 1. The lowest BCUT2D eigenvalue weighted by molar-refractivity contribution is -0.130. The zero-order valence-corrected chi connectivity index (χ0v) is 18.0. The van der Waals surface area contributed by atoms with Gasteiger partial charge in [0.05, 0.1) is 13.2 Å². The summed E-state index contributed by atoms with van der Waals surface area (Å²) in [5.41, 5.74) is 2.88. The van der Waals surface area contributed by atoms with E-state index in [4.69, 9.17) is 4.74 Å². The van der Waals surface area contributed by atoms with Crippen molar-refractivity contribution < 1.29 is 19.0 Å². The van der Waals surface area contributed by atoms with Crippen LogP contribution in [-0.2, 0) is 11.3 Å². The topological polar surface area (TPSA) is 49.8 Å². The van der Waals surface area contributed by atoms with Gasteiger partial charge in [0.2, 0.25) is 0 Å². The van der Waals surface area contributed by atoms with Crippen molar-refractivity contribution in [1.82, 2.24) is 4.90 Å². The molecule has 1 aliphatic heterocycles. The number of carbonyl (C=O) groups is 1. The summed E-state index contributed by atoms with van der Waals surface area (Å²) in [6.45, 7) is 0.319. The molecule has 0 aliphatic carbocycles. The fourth-order valence-electron chi connectivity index (χ4n) is 3.80. The van der Waals surface area contributed by atoms with Gasteiger partial charge in [-0.15, -0.1) is 11.8 Å². The third-order valence-electron chi connectivity index (χ3n) is 5.40. The van der Waals surface area contributed by atoms with Crippen molar-refractivity contribution in [3.05, 3.63) is 101 Å². The smallest absolute Gasteiger partial charge is 0.290 e. The number of thioether (sulfide) groups is 1. The summed E-state index contributed by atoms with van der Waals surface area (Å²) in [6.07, 6.45) is 2.01. The van der Waals surface area contributed by atoms with E-state index < -0.39 is 11.9 Å². The Balaban J connectivity index is 1.76. The minimum absolute atomic E-state index is 0.291. The monoisotopic (exact) mass is 435 g/mol. The predicted molar refractivity (Wildman–Crippen MR) is 120 cm³/mol. The van der Waals surface area contributed by atoms with Crippen LogP contribution >= 0.6 is 11.8 Å². The molecule has 0 fully saturated rings. The lowest BCUT2D eigenvalue weighted by atomic mass is 9.93. The number of aliphatic hydroxyl groups is 1. The molecule has 3 aromatic carbocycles. The average Bonchev–Trinajstić information content (AvgIpc) is 3.05. The molecule has 0 saturated carbocycles. The number of hydrogen-bond acceptors (Lipinski definition) is 4. The Morgan fingerprint density at radius 2 is 1.65 bits per heavy atom. The van der Waals surface area contributed by atoms with Crippen molar-refractivity contribution in [3.63, 3.8) is 0 Å². The van der Waals surface area contributed by atoms with Gasteiger partial charge in [-0.3, -0.25) is 4.79 Å². The first kappa shape index (κ1) is 21.0. The number of hydrogen-bond donors (Lipinski definition) is 1. The molecule has 158 valence electrons. The first-order chi connectivity index (χ1) is 15.0. The Hall–Kier alpha value is -3.25. The summed E-state index contributed by atoms with van der Waals surface area (Å²) in [5, 5.41) is 10.8. The van der Waals surface area contributed by atoms with E-state index >= 15 is 0 Å². The van der Waals surface area contributed by atoms with Crippen LogP contribution in [0.4, 0.5) is 4.39 Å². The van der Waals surface area contributed by atoms with Crippen molar-refractivity contribution in [2.24, 2.45) is 0 Å². The molecule has 3 aromatic rings. The normalized spacial score (nSPS) is 16.2. The second-order valence-corrected chi connectivity index (χ2v) is 8.11. The Morgan fingerprint density at radius 3 is 2.23 bits per heavy atom. The quantitative estimate of drug-likeness (QED) is 0.512. The van der Waals surface area contributed by atoms with Gasteiger partial charge in [0.1, 0.15) is 11.6 Å². The van der Waals surface area contributed by atoms with E-state index in [1.165, 1.54) is 12.1 Å². The molecule has 31 heavy (non-hydrogen) atoms. The summed E-state index contributed by atoms with van der Waals surface area (Å²) in [4.78, 5) is 15.9. The Morgan fingerprint density at radius 1 is 1.00 bits per heavy atom. The van der Waals surface area contributed by atoms with E-state index in [0.717, 1.165) is 16.0 Å². The molecule has 1 amide bonds. The van der Waals surface area contributed by atoms with Crippen LogP contribution in [0.1, 0.15) is 22.7 Å². The molecule has 0 unspecified atom stereocenters. The van der Waals surface area contributed by atoms with Crippen molar-refractivity contribution in [1.29, 1.82) is 0 Å². The Kier molecular flexibility index (Phi) is 6.00. The highest BCUT2D eigenvalue weighted by Gasteiger charge is 2.41. The van der Waals surface area contributed by atoms with Gasteiger partial charge >= 0.3 is 0 Å². The van der Waals surface area contributed by atoms with Crippen molar-refractivity contribution in [2.75, 3.05) is 13.4 Å². The highest BCUT2D eigenvalue weighted by molar-refractivity contribution is 7.98. The molecule has 0 radical (unpaired) electrons. The highest BCUT2D eigenvalue weighted by atomic mass is 32.2. The van der Waals surface area contributed by atoms with Crippen molar-refractivity contribution in [3.8, 4) is 5.75 Å². The average molecular weight is 436 g/mol. The maximum atomic E-state index is 13.6. The number of methoxy groups -OCH3 is 1. The van der Waals surface area contributed by atoms with E-state index in [0.29, 0.717) is 23.4 Å². The third kappa shape index (κ3) is 4.16.